The Kier molecular flexibility index (Phi) is 5.91. The van der Waals surface area contributed by atoms with Gasteiger partial charge in [0, 0.05) is 30.8 Å². The van der Waals surface area contributed by atoms with Crippen molar-refractivity contribution in [1.82, 2.24) is 9.55 Å². The average molecular weight is 456 g/mol. The van der Waals surface area contributed by atoms with Crippen LogP contribution in [-0.2, 0) is 16.6 Å². The fourth-order valence-corrected chi connectivity index (χ4v) is 4.00. The minimum atomic E-state index is -0.907. The van der Waals surface area contributed by atoms with Crippen molar-refractivity contribution in [3.63, 3.8) is 0 Å². The van der Waals surface area contributed by atoms with Crippen LogP contribution < -0.4 is 16.1 Å². The lowest BCUT2D eigenvalue weighted by Gasteiger charge is -2.20. The molecule has 1 aromatic heterocycles. The lowest BCUT2D eigenvalue weighted by Crippen LogP contribution is -2.39. The van der Waals surface area contributed by atoms with E-state index in [1.807, 2.05) is 7.05 Å². The molecule has 3 aromatic rings. The summed E-state index contributed by atoms with van der Waals surface area (Å²) >= 11 is 1.26. The van der Waals surface area contributed by atoms with Crippen molar-refractivity contribution >= 4 is 40.7 Å². The minimum Gasteiger partial charge on any atom is -0.368 e. The van der Waals surface area contributed by atoms with Crippen molar-refractivity contribution in [3.05, 3.63) is 66.5 Å². The number of nitrogens with two attached hydrogens (primary N) is 1. The van der Waals surface area contributed by atoms with Crippen LogP contribution in [0.3, 0.4) is 0 Å². The zero-order chi connectivity index (χ0) is 22.8. The summed E-state index contributed by atoms with van der Waals surface area (Å²) in [5, 5.41) is 8.82. The largest absolute Gasteiger partial charge is 0.368 e. The Hall–Kier alpha value is -3.73. The number of nitrogens with zero attached hydrogens (tertiary/aromatic N) is 4. The lowest BCUT2D eigenvalue weighted by atomic mass is 10.1. The monoisotopic (exact) mass is 456 g/mol. The number of nitrogens with one attached hydrogen (secondary N) is 1. The first-order valence-electron chi connectivity index (χ1n) is 9.49. The zero-order valence-corrected chi connectivity index (χ0v) is 17.6. The van der Waals surface area contributed by atoms with Crippen LogP contribution in [0.25, 0.3) is 0 Å². The van der Waals surface area contributed by atoms with Crippen LogP contribution in [0.4, 0.5) is 20.2 Å². The van der Waals surface area contributed by atoms with Crippen LogP contribution in [0.15, 0.2) is 70.0 Å². The quantitative estimate of drug-likeness (QED) is 0.593. The van der Waals surface area contributed by atoms with Crippen LogP contribution in [-0.4, -0.2) is 33.1 Å². The fourth-order valence-electron chi connectivity index (χ4n) is 3.13. The lowest BCUT2D eigenvalue weighted by molar-refractivity contribution is -0.119. The van der Waals surface area contributed by atoms with E-state index in [0.717, 1.165) is 0 Å². The Balaban J connectivity index is 1.59. The molecule has 32 heavy (non-hydrogen) atoms. The molecule has 11 heteroatoms. The number of primary amides is 1. The summed E-state index contributed by atoms with van der Waals surface area (Å²) in [6, 6.07) is 8.42. The van der Waals surface area contributed by atoms with Crippen molar-refractivity contribution < 1.29 is 18.4 Å². The SMILES string of the molecule is Cn1ccnc1Sc1ccc(F)cc1NC(=O)C1=NN(c2ccc(F)cc2)C(C(N)=O)C1. The first-order valence-corrected chi connectivity index (χ1v) is 10.3. The number of benzene rings is 2. The first-order chi connectivity index (χ1) is 15.3. The third-order valence-corrected chi connectivity index (χ3v) is 5.91. The summed E-state index contributed by atoms with van der Waals surface area (Å²) in [5.41, 5.74) is 6.17. The van der Waals surface area contributed by atoms with Crippen molar-refractivity contribution in [2.45, 2.75) is 22.5 Å². The Labute approximate surface area is 186 Å². The van der Waals surface area contributed by atoms with Gasteiger partial charge in [-0.3, -0.25) is 14.6 Å². The fraction of sp³-hybridized carbons (Fsp3) is 0.143. The number of hydrazone groups is 1. The summed E-state index contributed by atoms with van der Waals surface area (Å²) < 4.78 is 29.0. The minimum absolute atomic E-state index is 0.0373. The Morgan fingerprint density at radius 1 is 1.16 bits per heavy atom. The second kappa shape index (κ2) is 8.79. The highest BCUT2D eigenvalue weighted by Gasteiger charge is 2.35. The highest BCUT2D eigenvalue weighted by Crippen LogP contribution is 2.33. The van der Waals surface area contributed by atoms with E-state index in [-0.39, 0.29) is 17.8 Å². The van der Waals surface area contributed by atoms with E-state index in [2.05, 4.69) is 15.4 Å². The van der Waals surface area contributed by atoms with Crippen molar-refractivity contribution in [2.24, 2.45) is 17.9 Å². The van der Waals surface area contributed by atoms with Gasteiger partial charge in [-0.25, -0.2) is 13.8 Å². The highest BCUT2D eigenvalue weighted by molar-refractivity contribution is 7.99. The third kappa shape index (κ3) is 4.47. The maximum Gasteiger partial charge on any atom is 0.271 e. The highest BCUT2D eigenvalue weighted by atomic mass is 32.2. The average Bonchev–Trinajstić information content (AvgIpc) is 3.37. The van der Waals surface area contributed by atoms with Gasteiger partial charge in [0.2, 0.25) is 5.91 Å². The Morgan fingerprint density at radius 2 is 1.88 bits per heavy atom. The van der Waals surface area contributed by atoms with Crippen LogP contribution in [0.5, 0.6) is 0 Å². The molecular formula is C21H18F2N6O2S. The standard InChI is InChI=1S/C21H18F2N6O2S/c1-28-9-8-25-21(28)32-18-7-4-13(23)10-15(18)26-20(31)16-11-17(19(24)30)29(27-16)14-5-2-12(22)3-6-14/h2-10,17H,11H2,1H3,(H2,24,30)(H,26,31). The molecule has 1 atom stereocenters. The molecule has 0 bridgehead atoms. The topological polar surface area (TPSA) is 106 Å². The van der Waals surface area contributed by atoms with E-state index < -0.39 is 29.5 Å². The molecule has 3 N–H and O–H groups in total. The van der Waals surface area contributed by atoms with Crippen LogP contribution in [0.2, 0.25) is 0 Å². The first kappa shape index (κ1) is 21.5. The molecular weight excluding hydrogens is 438 g/mol. The van der Waals surface area contributed by atoms with Crippen LogP contribution in [0, 0.1) is 11.6 Å². The van der Waals surface area contributed by atoms with E-state index in [4.69, 9.17) is 5.73 Å². The maximum absolute atomic E-state index is 13.9. The smallest absolute Gasteiger partial charge is 0.271 e. The molecule has 1 unspecified atom stereocenters. The van der Waals surface area contributed by atoms with Gasteiger partial charge in [0.05, 0.1) is 11.4 Å². The van der Waals surface area contributed by atoms with Gasteiger partial charge in [-0.1, -0.05) is 0 Å². The summed E-state index contributed by atoms with van der Waals surface area (Å²) in [4.78, 5) is 29.6. The van der Waals surface area contributed by atoms with E-state index in [1.54, 1.807) is 17.0 Å². The van der Waals surface area contributed by atoms with Gasteiger partial charge in [-0.15, -0.1) is 0 Å². The summed E-state index contributed by atoms with van der Waals surface area (Å²) in [7, 11) is 1.82. The molecule has 2 aromatic carbocycles. The summed E-state index contributed by atoms with van der Waals surface area (Å²) in [6.07, 6.45) is 3.35. The zero-order valence-electron chi connectivity index (χ0n) is 16.8. The number of aryl methyl sites for hydroxylation is 1. The number of anilines is 2. The predicted molar refractivity (Wildman–Crippen MR) is 116 cm³/mol. The Morgan fingerprint density at radius 3 is 2.53 bits per heavy atom. The molecule has 1 aliphatic rings. The van der Waals surface area contributed by atoms with Gasteiger partial charge in [-0.2, -0.15) is 5.10 Å². The normalized spacial score (nSPS) is 15.5. The summed E-state index contributed by atoms with van der Waals surface area (Å²) in [6.45, 7) is 0. The second-order valence-corrected chi connectivity index (χ2v) is 8.02. The molecule has 2 amide bonds. The van der Waals surface area contributed by atoms with E-state index >= 15 is 0 Å². The molecule has 0 saturated carbocycles. The van der Waals surface area contributed by atoms with Gasteiger partial charge < -0.3 is 15.6 Å². The number of amides is 2. The van der Waals surface area contributed by atoms with Crippen LogP contribution in [0.1, 0.15) is 6.42 Å². The molecule has 0 radical (unpaired) electrons. The molecule has 0 aliphatic carbocycles. The number of carbonyl (C=O) groups is 2. The second-order valence-electron chi connectivity index (χ2n) is 7.01. The number of aromatic nitrogens is 2. The van der Waals surface area contributed by atoms with Crippen LogP contribution >= 0.6 is 11.8 Å². The van der Waals surface area contributed by atoms with Crippen molar-refractivity contribution in [2.75, 3.05) is 10.3 Å². The Bertz CT molecular complexity index is 1210. The van der Waals surface area contributed by atoms with E-state index in [0.29, 0.717) is 15.7 Å². The van der Waals surface area contributed by atoms with Gasteiger partial charge in [-0.05, 0) is 54.2 Å². The van der Waals surface area contributed by atoms with Crippen molar-refractivity contribution in [1.29, 1.82) is 0 Å². The predicted octanol–water partition coefficient (Wildman–Crippen LogP) is 2.91. The number of carbonyl (C=O) groups excluding carboxylic acids is 2. The number of imidazole rings is 1. The number of hydrogen-bond donors (Lipinski definition) is 2. The van der Waals surface area contributed by atoms with E-state index in [9.17, 15) is 18.4 Å². The molecule has 2 heterocycles. The summed E-state index contributed by atoms with van der Waals surface area (Å²) in [5.74, 6) is -2.26. The van der Waals surface area contributed by atoms with Gasteiger partial charge in [0.15, 0.2) is 5.16 Å². The molecule has 8 nitrogen and oxygen atoms in total. The maximum atomic E-state index is 13.9. The number of halogens is 2. The molecule has 0 fully saturated rings. The molecule has 164 valence electrons. The van der Waals surface area contributed by atoms with Crippen molar-refractivity contribution in [3.8, 4) is 0 Å². The number of hydrogen-bond acceptors (Lipinski definition) is 6. The van der Waals surface area contributed by atoms with Gasteiger partial charge in [0.1, 0.15) is 23.4 Å². The van der Waals surface area contributed by atoms with E-state index in [1.165, 1.54) is 59.2 Å². The molecule has 1 aliphatic heterocycles. The molecule has 0 saturated heterocycles. The van der Waals surface area contributed by atoms with Gasteiger partial charge in [0.25, 0.3) is 5.91 Å². The molecule has 4 rings (SSSR count). The molecule has 0 spiro atoms. The number of rotatable bonds is 6. The third-order valence-electron chi connectivity index (χ3n) is 4.76. The van der Waals surface area contributed by atoms with Gasteiger partial charge >= 0.3 is 0 Å².